The Morgan fingerprint density at radius 1 is 1.09 bits per heavy atom. The van der Waals surface area contributed by atoms with Gasteiger partial charge >= 0.3 is 29.2 Å². The molecule has 3 aromatic heterocycles. The number of aliphatic hydroxyl groups is 1. The van der Waals surface area contributed by atoms with Gasteiger partial charge < -0.3 is 45.0 Å². The zero-order valence-corrected chi connectivity index (χ0v) is 25.3. The number of hydrogen-bond acceptors (Lipinski definition) is 15. The van der Waals surface area contributed by atoms with Crippen LogP contribution in [0.3, 0.4) is 0 Å². The first-order valence-electron chi connectivity index (χ1n) is 12.3. The van der Waals surface area contributed by atoms with E-state index in [-0.39, 0.29) is 35.8 Å². The van der Waals surface area contributed by atoms with E-state index in [1.807, 2.05) is 4.98 Å². The first-order chi connectivity index (χ1) is 21.4. The fourth-order valence-electron chi connectivity index (χ4n) is 3.62. The van der Waals surface area contributed by atoms with Crippen molar-refractivity contribution in [3.05, 3.63) is 66.9 Å². The normalized spacial score (nSPS) is 18.0. The molecule has 46 heavy (non-hydrogen) atoms. The second-order valence-electron chi connectivity index (χ2n) is 8.83. The van der Waals surface area contributed by atoms with Crippen molar-refractivity contribution in [1.82, 2.24) is 34.8 Å². The first-order valence-corrected chi connectivity index (χ1v) is 16.8. The number of carbonyl (C=O) groups excluding carboxylic acids is 1. The van der Waals surface area contributed by atoms with E-state index in [1.54, 1.807) is 0 Å². The molecule has 250 valence electrons. The SMILES string of the molecule is O=C(/C=C/c1cn([C@H]2CC(O)=C(COP(=O)(O)OP(=O)(O)OP(=O)(O)O)O2)c(=O)[nH]c1=O)NCCNc1nc2nc[nH]c2c(=O)[nH]1. The number of H-pyrrole nitrogens is 3. The van der Waals surface area contributed by atoms with Crippen molar-refractivity contribution in [1.29, 1.82) is 0 Å². The number of aromatic amines is 3. The van der Waals surface area contributed by atoms with Crippen molar-refractivity contribution in [2.75, 3.05) is 25.0 Å². The van der Waals surface area contributed by atoms with Gasteiger partial charge in [-0.2, -0.15) is 13.6 Å². The molecular formula is C19H23N8O16P3. The highest BCUT2D eigenvalue weighted by Gasteiger charge is 2.41. The minimum atomic E-state index is -5.79. The number of nitrogens with one attached hydrogen (secondary N) is 5. The Bertz CT molecular complexity index is 2030. The number of ether oxygens (including phenoxy) is 1. The summed E-state index contributed by atoms with van der Waals surface area (Å²) in [5.41, 5.74) is -2.16. The lowest BCUT2D eigenvalue weighted by molar-refractivity contribution is -0.116. The Morgan fingerprint density at radius 3 is 2.54 bits per heavy atom. The number of rotatable bonds is 14. The second kappa shape index (κ2) is 13.6. The van der Waals surface area contributed by atoms with Crippen molar-refractivity contribution < 1.29 is 61.1 Å². The highest BCUT2D eigenvalue weighted by Crippen LogP contribution is 2.66. The van der Waals surface area contributed by atoms with Gasteiger partial charge in [-0.25, -0.2) is 23.5 Å². The lowest BCUT2D eigenvalue weighted by Gasteiger charge is -2.17. The summed E-state index contributed by atoms with van der Waals surface area (Å²) in [5, 5.41) is 15.5. The van der Waals surface area contributed by atoms with Gasteiger partial charge in [-0.1, -0.05) is 0 Å². The minimum absolute atomic E-state index is 0.0609. The molecular weight excluding hydrogens is 689 g/mol. The molecule has 4 rings (SSSR count). The number of anilines is 1. The molecule has 0 aliphatic carbocycles. The molecule has 24 nitrogen and oxygen atoms in total. The number of imidazole rings is 1. The van der Waals surface area contributed by atoms with Gasteiger partial charge in [0, 0.05) is 25.4 Å². The largest absolute Gasteiger partial charge is 0.508 e. The van der Waals surface area contributed by atoms with E-state index in [0.29, 0.717) is 0 Å². The Labute approximate surface area is 253 Å². The van der Waals surface area contributed by atoms with Gasteiger partial charge in [0.05, 0.1) is 18.3 Å². The van der Waals surface area contributed by atoms with Crippen molar-refractivity contribution in [3.8, 4) is 0 Å². The molecule has 0 saturated heterocycles. The average Bonchev–Trinajstić information content (AvgIpc) is 3.54. The van der Waals surface area contributed by atoms with Crippen LogP contribution in [0.1, 0.15) is 18.2 Å². The van der Waals surface area contributed by atoms with E-state index in [0.717, 1.165) is 22.9 Å². The average molecular weight is 712 g/mol. The molecule has 1 amide bonds. The van der Waals surface area contributed by atoms with Crippen LogP contribution in [0, 0.1) is 0 Å². The zero-order chi connectivity index (χ0) is 33.9. The standard InChI is InChI=1S/C19H23N8O16P3/c28-10-5-13(41-11(10)7-40-45(36,37)43-46(38,39)42-44(33,34)35)27-6-9(16(30)26-19(27)32)1-2-12(29)20-3-4-21-18-24-15-14(17(31)25-18)22-8-23-15/h1-2,6,8,13,28H,3-5,7H2,(H,20,29)(H,36,37)(H,38,39)(H,26,30,32)(H2,33,34,35)(H3,21,22,23,24,25,31)/b2-1+/t13-/m1/s1. The molecule has 0 spiro atoms. The Balaban J connectivity index is 1.32. The summed E-state index contributed by atoms with van der Waals surface area (Å²) in [5.74, 6) is -1.70. The Hall–Kier alpha value is -4.21. The summed E-state index contributed by atoms with van der Waals surface area (Å²) in [4.78, 5) is 99.8. The van der Waals surface area contributed by atoms with E-state index < -0.39 is 77.0 Å². The number of amides is 1. The summed E-state index contributed by atoms with van der Waals surface area (Å²) in [6, 6.07) is 0. The summed E-state index contributed by atoms with van der Waals surface area (Å²) < 4.78 is 51.7. The molecule has 1 aliphatic heterocycles. The molecule has 0 fully saturated rings. The van der Waals surface area contributed by atoms with E-state index >= 15 is 0 Å². The molecule has 2 unspecified atom stereocenters. The molecule has 0 saturated carbocycles. The maximum Gasteiger partial charge on any atom is 0.490 e. The third kappa shape index (κ3) is 9.40. The third-order valence-corrected chi connectivity index (χ3v) is 9.26. The predicted octanol–water partition coefficient (Wildman–Crippen LogP) is -1.23. The minimum Gasteiger partial charge on any atom is -0.508 e. The van der Waals surface area contributed by atoms with Crippen LogP contribution in [-0.2, 0) is 36.4 Å². The Kier molecular flexibility index (Phi) is 10.3. The summed E-state index contributed by atoms with van der Waals surface area (Å²) >= 11 is 0. The highest BCUT2D eigenvalue weighted by atomic mass is 31.3. The number of hydrogen-bond donors (Lipinski definition) is 10. The lowest BCUT2D eigenvalue weighted by atomic mass is 10.2. The molecule has 10 N–H and O–H groups in total. The van der Waals surface area contributed by atoms with Crippen LogP contribution < -0.4 is 27.4 Å². The number of nitrogens with zero attached hydrogens (tertiary/aromatic N) is 3. The van der Waals surface area contributed by atoms with Crippen LogP contribution in [0.15, 0.2) is 44.5 Å². The highest BCUT2D eigenvalue weighted by molar-refractivity contribution is 7.66. The molecule has 0 aromatic carbocycles. The quantitative estimate of drug-likeness (QED) is 0.0531. The number of aliphatic hydroxyl groups excluding tert-OH is 1. The van der Waals surface area contributed by atoms with Crippen LogP contribution in [0.2, 0.25) is 0 Å². The van der Waals surface area contributed by atoms with E-state index in [9.17, 15) is 47.8 Å². The third-order valence-electron chi connectivity index (χ3n) is 5.48. The molecule has 0 radical (unpaired) electrons. The molecule has 27 heteroatoms. The smallest absolute Gasteiger partial charge is 0.490 e. The first kappa shape index (κ1) is 34.7. The summed E-state index contributed by atoms with van der Waals surface area (Å²) in [7, 11) is -16.9. The van der Waals surface area contributed by atoms with Gasteiger partial charge in [0.1, 0.15) is 12.4 Å². The molecule has 3 aromatic rings. The van der Waals surface area contributed by atoms with Crippen LogP contribution >= 0.6 is 23.5 Å². The van der Waals surface area contributed by atoms with E-state index in [4.69, 9.17) is 14.5 Å². The molecule has 1 aliphatic rings. The van der Waals surface area contributed by atoms with Crippen LogP contribution in [0.5, 0.6) is 0 Å². The number of aromatic nitrogens is 6. The second-order valence-corrected chi connectivity index (χ2v) is 13.2. The van der Waals surface area contributed by atoms with Crippen molar-refractivity contribution in [3.63, 3.8) is 0 Å². The van der Waals surface area contributed by atoms with Crippen LogP contribution in [0.4, 0.5) is 5.95 Å². The van der Waals surface area contributed by atoms with Crippen molar-refractivity contribution in [2.45, 2.75) is 12.6 Å². The number of fused-ring (bicyclic) bond motifs is 1. The molecule has 3 atom stereocenters. The topological polar surface area (TPSA) is 360 Å². The zero-order valence-electron chi connectivity index (χ0n) is 22.6. The number of phosphoric acid groups is 3. The van der Waals surface area contributed by atoms with Gasteiger partial charge in [0.2, 0.25) is 11.9 Å². The lowest BCUT2D eigenvalue weighted by Crippen LogP contribution is -2.33. The monoisotopic (exact) mass is 712 g/mol. The molecule has 0 bridgehead atoms. The van der Waals surface area contributed by atoms with E-state index in [1.165, 1.54) is 6.33 Å². The number of carbonyl (C=O) groups is 1. The Morgan fingerprint density at radius 2 is 1.83 bits per heavy atom. The fraction of sp³-hybridized carbons (Fsp3) is 0.263. The van der Waals surface area contributed by atoms with Gasteiger partial charge in [-0.3, -0.25) is 33.4 Å². The van der Waals surface area contributed by atoms with Gasteiger partial charge in [-0.05, 0) is 6.08 Å². The molecule has 4 heterocycles. The number of phosphoric ester groups is 1. The van der Waals surface area contributed by atoms with Gasteiger partial charge in [0.15, 0.2) is 23.2 Å². The van der Waals surface area contributed by atoms with Crippen LogP contribution in [0.25, 0.3) is 17.2 Å². The van der Waals surface area contributed by atoms with Gasteiger partial charge in [-0.15, -0.1) is 0 Å². The van der Waals surface area contributed by atoms with Gasteiger partial charge in [0.25, 0.3) is 11.1 Å². The maximum atomic E-state index is 12.4. The van der Waals surface area contributed by atoms with E-state index in [2.05, 4.69) is 43.7 Å². The fourth-order valence-corrected chi connectivity index (χ4v) is 6.60. The summed E-state index contributed by atoms with van der Waals surface area (Å²) in [6.45, 7) is -0.898. The predicted molar refractivity (Wildman–Crippen MR) is 151 cm³/mol. The maximum absolute atomic E-state index is 12.4. The summed E-state index contributed by atoms with van der Waals surface area (Å²) in [6.07, 6.45) is 2.56. The van der Waals surface area contributed by atoms with Crippen molar-refractivity contribution in [2.24, 2.45) is 0 Å². The van der Waals surface area contributed by atoms with Crippen molar-refractivity contribution >= 4 is 52.6 Å². The van der Waals surface area contributed by atoms with Crippen LogP contribution in [-0.4, -0.2) is 79.8 Å².